The van der Waals surface area contributed by atoms with Crippen molar-refractivity contribution in [2.45, 2.75) is 59.4 Å². The molecule has 1 N–H and O–H groups in total. The molecule has 0 atom stereocenters. The van der Waals surface area contributed by atoms with E-state index in [-0.39, 0.29) is 0 Å². The van der Waals surface area contributed by atoms with Gasteiger partial charge in [0.05, 0.1) is 12.8 Å². The standard InChI is InChI=1S/C31H34N2O/c1-21-17-30(25-10-13-27(14-11-25)33-20-29-9-6-16-34-29)22(2)23(3)31(21)26-12-15-28(32-19-26)18-24-7-4-5-8-24/h6,9-17,19,24,33H,4-5,7-8,18,20H2,1-3H3. The van der Waals surface area contributed by atoms with E-state index in [1.54, 1.807) is 6.26 Å². The molecule has 3 nitrogen and oxygen atoms in total. The molecule has 0 radical (unpaired) electrons. The van der Waals surface area contributed by atoms with Crippen LogP contribution < -0.4 is 5.32 Å². The van der Waals surface area contributed by atoms with Crippen LogP contribution in [0.3, 0.4) is 0 Å². The molecule has 1 aliphatic rings. The maximum atomic E-state index is 5.41. The van der Waals surface area contributed by atoms with E-state index < -0.39 is 0 Å². The van der Waals surface area contributed by atoms with E-state index in [1.807, 2.05) is 12.1 Å². The topological polar surface area (TPSA) is 38.1 Å². The molecule has 1 saturated carbocycles. The van der Waals surface area contributed by atoms with E-state index in [4.69, 9.17) is 9.40 Å². The van der Waals surface area contributed by atoms with Crippen molar-refractivity contribution in [1.82, 2.24) is 4.98 Å². The highest BCUT2D eigenvalue weighted by Gasteiger charge is 2.17. The minimum Gasteiger partial charge on any atom is -0.467 e. The van der Waals surface area contributed by atoms with Crippen LogP contribution in [0.25, 0.3) is 22.3 Å². The Morgan fingerprint density at radius 1 is 0.912 bits per heavy atom. The molecule has 0 aliphatic heterocycles. The predicted molar refractivity (Wildman–Crippen MR) is 141 cm³/mol. The first kappa shape index (κ1) is 22.5. The van der Waals surface area contributed by atoms with E-state index in [0.29, 0.717) is 6.54 Å². The van der Waals surface area contributed by atoms with Crippen LogP contribution in [0.1, 0.15) is 53.8 Å². The van der Waals surface area contributed by atoms with E-state index in [0.717, 1.165) is 23.8 Å². The van der Waals surface area contributed by atoms with Crippen molar-refractivity contribution in [3.63, 3.8) is 0 Å². The summed E-state index contributed by atoms with van der Waals surface area (Å²) in [6.07, 6.45) is 10.4. The second kappa shape index (κ2) is 9.89. The summed E-state index contributed by atoms with van der Waals surface area (Å²) in [5.74, 6) is 1.76. The number of hydrogen-bond acceptors (Lipinski definition) is 3. The molecule has 4 aromatic rings. The summed E-state index contributed by atoms with van der Waals surface area (Å²) in [7, 11) is 0. The number of pyridine rings is 1. The van der Waals surface area contributed by atoms with Crippen LogP contribution in [-0.4, -0.2) is 4.98 Å². The van der Waals surface area contributed by atoms with Crippen molar-refractivity contribution in [1.29, 1.82) is 0 Å². The molecule has 3 heteroatoms. The smallest absolute Gasteiger partial charge is 0.122 e. The first-order chi connectivity index (χ1) is 16.6. The van der Waals surface area contributed by atoms with E-state index in [9.17, 15) is 0 Å². The molecule has 34 heavy (non-hydrogen) atoms. The highest BCUT2D eigenvalue weighted by molar-refractivity contribution is 5.80. The van der Waals surface area contributed by atoms with Gasteiger partial charge in [-0.1, -0.05) is 49.9 Å². The maximum Gasteiger partial charge on any atom is 0.122 e. The zero-order valence-electron chi connectivity index (χ0n) is 20.5. The van der Waals surface area contributed by atoms with Gasteiger partial charge in [-0.25, -0.2) is 0 Å². The van der Waals surface area contributed by atoms with Gasteiger partial charge in [0, 0.05) is 23.1 Å². The Bertz CT molecular complexity index is 1230. The quantitative estimate of drug-likeness (QED) is 0.308. The summed E-state index contributed by atoms with van der Waals surface area (Å²) in [6, 6.07) is 19.4. The average Bonchev–Trinajstić information content (AvgIpc) is 3.56. The van der Waals surface area contributed by atoms with Crippen molar-refractivity contribution in [3.05, 3.63) is 95.2 Å². The summed E-state index contributed by atoms with van der Waals surface area (Å²) in [5, 5.41) is 3.42. The van der Waals surface area contributed by atoms with Crippen LogP contribution >= 0.6 is 0 Å². The normalized spacial score (nSPS) is 14.0. The molecule has 2 heterocycles. The van der Waals surface area contributed by atoms with Gasteiger partial charge in [0.15, 0.2) is 0 Å². The highest BCUT2D eigenvalue weighted by Crippen LogP contribution is 2.36. The molecule has 0 unspecified atom stereocenters. The Morgan fingerprint density at radius 2 is 1.68 bits per heavy atom. The molecule has 174 valence electrons. The SMILES string of the molecule is Cc1cc(-c2ccc(NCc3ccco3)cc2)c(C)c(C)c1-c1ccc(CC2CCCC2)nc1. The number of aromatic nitrogens is 1. The van der Waals surface area contributed by atoms with Gasteiger partial charge in [-0.05, 0) is 96.8 Å². The number of nitrogens with zero attached hydrogens (tertiary/aromatic N) is 1. The lowest BCUT2D eigenvalue weighted by Gasteiger charge is -2.18. The monoisotopic (exact) mass is 450 g/mol. The number of anilines is 1. The molecule has 0 amide bonds. The van der Waals surface area contributed by atoms with Crippen LogP contribution in [0.2, 0.25) is 0 Å². The minimum absolute atomic E-state index is 0.686. The Morgan fingerprint density at radius 3 is 2.35 bits per heavy atom. The number of benzene rings is 2. The number of nitrogens with one attached hydrogen (secondary N) is 1. The summed E-state index contributed by atoms with van der Waals surface area (Å²) in [5.41, 5.74) is 11.4. The van der Waals surface area contributed by atoms with Crippen molar-refractivity contribution in [2.75, 3.05) is 5.32 Å². The fourth-order valence-corrected chi connectivity index (χ4v) is 5.40. The lowest BCUT2D eigenvalue weighted by molar-refractivity contribution is 0.518. The van der Waals surface area contributed by atoms with Crippen molar-refractivity contribution in [3.8, 4) is 22.3 Å². The summed E-state index contributed by atoms with van der Waals surface area (Å²) in [4.78, 5) is 4.84. The van der Waals surface area contributed by atoms with Gasteiger partial charge in [-0.2, -0.15) is 0 Å². The van der Waals surface area contributed by atoms with Crippen molar-refractivity contribution < 1.29 is 4.42 Å². The molecular weight excluding hydrogens is 416 g/mol. The van der Waals surface area contributed by atoms with Gasteiger partial charge in [-0.15, -0.1) is 0 Å². The summed E-state index contributed by atoms with van der Waals surface area (Å²) < 4.78 is 5.41. The summed E-state index contributed by atoms with van der Waals surface area (Å²) in [6.45, 7) is 7.38. The molecule has 5 rings (SSSR count). The third kappa shape index (κ3) is 4.79. The maximum absolute atomic E-state index is 5.41. The van der Waals surface area contributed by atoms with Gasteiger partial charge < -0.3 is 9.73 Å². The average molecular weight is 451 g/mol. The first-order valence-corrected chi connectivity index (χ1v) is 12.5. The third-order valence-electron chi connectivity index (χ3n) is 7.43. The number of rotatable bonds is 7. The molecule has 2 aromatic carbocycles. The van der Waals surface area contributed by atoms with Crippen LogP contribution in [0.15, 0.2) is 71.5 Å². The fraction of sp³-hybridized carbons (Fsp3) is 0.323. The Balaban J connectivity index is 1.35. The highest BCUT2D eigenvalue weighted by atomic mass is 16.3. The van der Waals surface area contributed by atoms with Gasteiger partial charge in [0.25, 0.3) is 0 Å². The lowest BCUT2D eigenvalue weighted by Crippen LogP contribution is -2.01. The number of furan rings is 1. The molecule has 0 spiro atoms. The second-order valence-electron chi connectivity index (χ2n) is 9.77. The van der Waals surface area contributed by atoms with Crippen LogP contribution in [0.4, 0.5) is 5.69 Å². The van der Waals surface area contributed by atoms with Gasteiger partial charge in [-0.3, -0.25) is 4.98 Å². The first-order valence-electron chi connectivity index (χ1n) is 12.5. The zero-order valence-corrected chi connectivity index (χ0v) is 20.5. The number of hydrogen-bond donors (Lipinski definition) is 1. The lowest BCUT2D eigenvalue weighted by atomic mass is 9.87. The molecule has 0 bridgehead atoms. The van der Waals surface area contributed by atoms with Crippen molar-refractivity contribution in [2.24, 2.45) is 5.92 Å². The predicted octanol–water partition coefficient (Wildman–Crippen LogP) is 8.28. The van der Waals surface area contributed by atoms with E-state index in [2.05, 4.69) is 74.7 Å². The van der Waals surface area contributed by atoms with Crippen LogP contribution in [-0.2, 0) is 13.0 Å². The van der Waals surface area contributed by atoms with Crippen molar-refractivity contribution >= 4 is 5.69 Å². The Labute approximate surface area is 203 Å². The van der Waals surface area contributed by atoms with Gasteiger partial charge in [0.1, 0.15) is 5.76 Å². The molecule has 1 fully saturated rings. The fourth-order valence-electron chi connectivity index (χ4n) is 5.40. The van der Waals surface area contributed by atoms with Gasteiger partial charge in [0.2, 0.25) is 0 Å². The molecule has 1 aliphatic carbocycles. The van der Waals surface area contributed by atoms with E-state index >= 15 is 0 Å². The number of aryl methyl sites for hydroxylation is 1. The Kier molecular flexibility index (Phi) is 6.53. The largest absolute Gasteiger partial charge is 0.467 e. The second-order valence-corrected chi connectivity index (χ2v) is 9.77. The molecular formula is C31H34N2O. The van der Waals surface area contributed by atoms with Crippen LogP contribution in [0, 0.1) is 26.7 Å². The van der Waals surface area contributed by atoms with Crippen LogP contribution in [0.5, 0.6) is 0 Å². The molecule has 2 aromatic heterocycles. The minimum atomic E-state index is 0.686. The third-order valence-corrected chi connectivity index (χ3v) is 7.43. The van der Waals surface area contributed by atoms with Gasteiger partial charge >= 0.3 is 0 Å². The Hall–Kier alpha value is -3.33. The summed E-state index contributed by atoms with van der Waals surface area (Å²) >= 11 is 0. The molecule has 0 saturated heterocycles. The zero-order chi connectivity index (χ0) is 23.5. The van der Waals surface area contributed by atoms with E-state index in [1.165, 1.54) is 70.3 Å².